The molecule has 0 saturated carbocycles. The topological polar surface area (TPSA) is 120 Å². The molecule has 0 radical (unpaired) electrons. The molecule has 2 aliphatic rings. The zero-order chi connectivity index (χ0) is 30.0. The van der Waals surface area contributed by atoms with Crippen molar-refractivity contribution < 1.29 is 24.3 Å². The molecule has 2 amide bonds. The Bertz CT molecular complexity index is 1370. The summed E-state index contributed by atoms with van der Waals surface area (Å²) in [5.74, 6) is -0.146. The van der Waals surface area contributed by atoms with Gasteiger partial charge in [0.15, 0.2) is 0 Å². The first-order chi connectivity index (χ1) is 21.0. The second-order valence-corrected chi connectivity index (χ2v) is 10.8. The lowest BCUT2D eigenvalue weighted by atomic mass is 10.1. The van der Waals surface area contributed by atoms with Crippen LogP contribution in [0.3, 0.4) is 0 Å². The van der Waals surface area contributed by atoms with E-state index >= 15 is 0 Å². The normalized spacial score (nSPS) is 15.7. The van der Waals surface area contributed by atoms with E-state index in [0.29, 0.717) is 47.2 Å². The Labute approximate surface area is 252 Å². The highest BCUT2D eigenvalue weighted by molar-refractivity contribution is 6.07. The van der Waals surface area contributed by atoms with Crippen LogP contribution in [0.4, 0.5) is 17.2 Å². The van der Waals surface area contributed by atoms with Crippen molar-refractivity contribution >= 4 is 29.0 Å². The van der Waals surface area contributed by atoms with Crippen molar-refractivity contribution in [1.29, 1.82) is 0 Å². The number of carbonyl (C=O) groups excluding carboxylic acids is 2. The highest BCUT2D eigenvalue weighted by Crippen LogP contribution is 2.26. The van der Waals surface area contributed by atoms with Crippen LogP contribution >= 0.6 is 0 Å². The van der Waals surface area contributed by atoms with Crippen molar-refractivity contribution in [1.82, 2.24) is 15.2 Å². The van der Waals surface area contributed by atoms with Crippen LogP contribution in [0, 0.1) is 6.92 Å². The molecule has 0 spiro atoms. The van der Waals surface area contributed by atoms with Gasteiger partial charge in [0.1, 0.15) is 5.82 Å². The third-order valence-electron chi connectivity index (χ3n) is 7.69. The average Bonchev–Trinajstić information content (AvgIpc) is 3.06. The molecule has 2 saturated heterocycles. The monoisotopic (exact) mass is 588 g/mol. The number of ether oxygens (including phenoxy) is 2. The molecule has 1 aromatic heterocycles. The molecule has 11 heteroatoms. The molecule has 43 heavy (non-hydrogen) atoms. The smallest absolute Gasteiger partial charge is 0.281 e. The van der Waals surface area contributed by atoms with Crippen LogP contribution in [0.5, 0.6) is 0 Å². The molecule has 0 atom stereocenters. The summed E-state index contributed by atoms with van der Waals surface area (Å²) >= 11 is 0. The van der Waals surface area contributed by atoms with Gasteiger partial charge in [-0.25, -0.2) is 4.98 Å². The van der Waals surface area contributed by atoms with Crippen molar-refractivity contribution in [2.75, 3.05) is 81.0 Å². The molecule has 3 aromatic rings. The molecule has 228 valence electrons. The van der Waals surface area contributed by atoms with Crippen LogP contribution in [0.25, 0.3) is 0 Å². The van der Waals surface area contributed by atoms with Gasteiger partial charge in [0.2, 0.25) is 0 Å². The summed E-state index contributed by atoms with van der Waals surface area (Å²) in [7, 11) is 0. The predicted molar refractivity (Wildman–Crippen MR) is 165 cm³/mol. The Balaban J connectivity index is 1.15. The third kappa shape index (κ3) is 8.37. The van der Waals surface area contributed by atoms with Gasteiger partial charge >= 0.3 is 0 Å². The molecule has 2 aromatic carbocycles. The number of aromatic nitrogens is 1. The SMILES string of the molecule is Cc1ccc(NC(=O)c2ccnc(N3CCOCC3)c2)cc1N(O)C(=O)c1ccc(CNCCCN2CCOCC2)cc1. The molecular weight excluding hydrogens is 548 g/mol. The molecular formula is C32H40N6O5. The molecule has 0 unspecified atom stereocenters. The van der Waals surface area contributed by atoms with E-state index in [1.807, 2.05) is 12.1 Å². The van der Waals surface area contributed by atoms with E-state index in [4.69, 9.17) is 9.47 Å². The van der Waals surface area contributed by atoms with Gasteiger partial charge in [-0.3, -0.25) is 19.7 Å². The maximum Gasteiger partial charge on any atom is 0.281 e. The van der Waals surface area contributed by atoms with Crippen LogP contribution < -0.4 is 20.6 Å². The first-order valence-corrected chi connectivity index (χ1v) is 14.8. The van der Waals surface area contributed by atoms with Crippen LogP contribution in [0.15, 0.2) is 60.8 Å². The number of aryl methyl sites for hydroxylation is 1. The number of pyridine rings is 1. The number of anilines is 3. The molecule has 2 fully saturated rings. The average molecular weight is 589 g/mol. The van der Waals surface area contributed by atoms with Crippen LogP contribution in [-0.4, -0.2) is 92.6 Å². The maximum atomic E-state index is 13.1. The van der Waals surface area contributed by atoms with E-state index in [2.05, 4.69) is 25.4 Å². The van der Waals surface area contributed by atoms with Gasteiger partial charge in [-0.15, -0.1) is 0 Å². The lowest BCUT2D eigenvalue weighted by molar-refractivity contribution is 0.0374. The molecule has 3 heterocycles. The van der Waals surface area contributed by atoms with Crippen LogP contribution in [0.1, 0.15) is 38.3 Å². The summed E-state index contributed by atoms with van der Waals surface area (Å²) in [6.07, 6.45) is 2.68. The van der Waals surface area contributed by atoms with E-state index < -0.39 is 5.91 Å². The second-order valence-electron chi connectivity index (χ2n) is 10.8. The van der Waals surface area contributed by atoms with E-state index in [0.717, 1.165) is 70.3 Å². The van der Waals surface area contributed by atoms with Gasteiger partial charge in [-0.2, -0.15) is 5.06 Å². The fourth-order valence-corrected chi connectivity index (χ4v) is 5.13. The van der Waals surface area contributed by atoms with Crippen molar-refractivity contribution in [2.24, 2.45) is 0 Å². The summed E-state index contributed by atoms with van der Waals surface area (Å²) < 4.78 is 10.8. The quantitative estimate of drug-likeness (QED) is 0.176. The fraction of sp³-hybridized carbons (Fsp3) is 0.406. The number of hydrogen-bond acceptors (Lipinski definition) is 9. The van der Waals surface area contributed by atoms with Gasteiger partial charge in [-0.1, -0.05) is 18.2 Å². The first-order valence-electron chi connectivity index (χ1n) is 14.8. The van der Waals surface area contributed by atoms with Crippen molar-refractivity contribution in [2.45, 2.75) is 19.9 Å². The molecule has 2 aliphatic heterocycles. The third-order valence-corrected chi connectivity index (χ3v) is 7.69. The lowest BCUT2D eigenvalue weighted by Gasteiger charge is -2.27. The number of amides is 2. The zero-order valence-electron chi connectivity index (χ0n) is 24.6. The highest BCUT2D eigenvalue weighted by Gasteiger charge is 2.20. The Hall–Kier alpha value is -3.87. The predicted octanol–water partition coefficient (Wildman–Crippen LogP) is 3.33. The van der Waals surface area contributed by atoms with Gasteiger partial charge in [0.05, 0.1) is 32.1 Å². The number of hydroxylamine groups is 1. The summed E-state index contributed by atoms with van der Waals surface area (Å²) in [6, 6.07) is 15.7. The molecule has 0 aliphatic carbocycles. The molecule has 3 N–H and O–H groups in total. The van der Waals surface area contributed by atoms with E-state index in [1.54, 1.807) is 55.6 Å². The van der Waals surface area contributed by atoms with Crippen LogP contribution in [0.2, 0.25) is 0 Å². The van der Waals surface area contributed by atoms with Gasteiger partial charge in [-0.05, 0) is 74.0 Å². The van der Waals surface area contributed by atoms with Crippen molar-refractivity contribution in [3.05, 3.63) is 83.0 Å². The second kappa shape index (κ2) is 15.0. The van der Waals surface area contributed by atoms with E-state index in [1.165, 1.54) is 0 Å². The van der Waals surface area contributed by atoms with Crippen LogP contribution in [-0.2, 0) is 16.0 Å². The number of nitrogens with zero attached hydrogens (tertiary/aromatic N) is 4. The van der Waals surface area contributed by atoms with Crippen molar-refractivity contribution in [3.8, 4) is 0 Å². The number of carbonyl (C=O) groups is 2. The standard InChI is InChI=1S/C32H40N6O5/c1-24-3-8-28(35-31(39)27-9-11-34-30(21-27)37-15-19-43-20-16-37)22-29(24)38(41)32(40)26-6-4-25(5-7-26)23-33-10-2-12-36-13-17-42-18-14-36/h3-9,11,21-22,33,41H,2,10,12-20,23H2,1H3,(H,35,39). The van der Waals surface area contributed by atoms with E-state index in [-0.39, 0.29) is 11.6 Å². The minimum Gasteiger partial charge on any atom is -0.379 e. The summed E-state index contributed by atoms with van der Waals surface area (Å²) in [5.41, 5.74) is 3.31. The number of morpholine rings is 2. The summed E-state index contributed by atoms with van der Waals surface area (Å²) in [5, 5.41) is 17.8. The van der Waals surface area contributed by atoms with Gasteiger partial charge in [0, 0.05) is 55.7 Å². The Morgan fingerprint density at radius 2 is 1.65 bits per heavy atom. The number of hydrogen-bond donors (Lipinski definition) is 3. The number of rotatable bonds is 11. The van der Waals surface area contributed by atoms with Gasteiger partial charge < -0.3 is 25.0 Å². The maximum absolute atomic E-state index is 13.1. The Kier molecular flexibility index (Phi) is 10.7. The van der Waals surface area contributed by atoms with Gasteiger partial charge in [0.25, 0.3) is 11.8 Å². The number of benzene rings is 2. The van der Waals surface area contributed by atoms with E-state index in [9.17, 15) is 14.8 Å². The zero-order valence-corrected chi connectivity index (χ0v) is 24.6. The highest BCUT2D eigenvalue weighted by atomic mass is 16.5. The molecule has 5 rings (SSSR count). The van der Waals surface area contributed by atoms with Crippen molar-refractivity contribution in [3.63, 3.8) is 0 Å². The summed E-state index contributed by atoms with van der Waals surface area (Å²) in [6.45, 7) is 10.8. The Morgan fingerprint density at radius 3 is 2.40 bits per heavy atom. The minimum absolute atomic E-state index is 0.289. The summed E-state index contributed by atoms with van der Waals surface area (Å²) in [4.78, 5) is 35.1. The largest absolute Gasteiger partial charge is 0.379 e. The minimum atomic E-state index is -0.555. The fourth-order valence-electron chi connectivity index (χ4n) is 5.13. The lowest BCUT2D eigenvalue weighted by Crippen LogP contribution is -2.37. The molecule has 11 nitrogen and oxygen atoms in total. The number of nitrogens with one attached hydrogen (secondary N) is 2. The Morgan fingerprint density at radius 1 is 0.930 bits per heavy atom. The molecule has 0 bridgehead atoms. The first kappa shape index (κ1) is 30.6.